The fraction of sp³-hybridized carbons (Fsp3) is 0.0392. The minimum Gasteiger partial charge on any atom is -0.342 e. The Bertz CT molecular complexity index is 3050. The van der Waals surface area contributed by atoms with Crippen molar-refractivity contribution in [3.05, 3.63) is 212 Å². The molecule has 11 aromatic rings. The number of fused-ring (bicyclic) bond motifs is 9. The van der Waals surface area contributed by atoms with Gasteiger partial charge in [-0.05, 0) is 70.1 Å². The van der Waals surface area contributed by atoms with E-state index in [4.69, 9.17) is 4.98 Å². The van der Waals surface area contributed by atoms with Gasteiger partial charge in [0, 0.05) is 29.0 Å². The molecule has 0 radical (unpaired) electrons. The van der Waals surface area contributed by atoms with Crippen LogP contribution < -0.4 is 20.7 Å². The number of nitrogens with zero attached hydrogens (tertiary/aromatic N) is 4. The predicted molar refractivity (Wildman–Crippen MR) is 238 cm³/mol. The van der Waals surface area contributed by atoms with Crippen molar-refractivity contribution in [2.24, 2.45) is 7.05 Å². The summed E-state index contributed by atoms with van der Waals surface area (Å²) in [6.45, 7) is 2.18. The summed E-state index contributed by atoms with van der Waals surface area (Å²) in [7, 11) is -0.195. The van der Waals surface area contributed by atoms with E-state index in [0.717, 1.165) is 33.5 Å². The van der Waals surface area contributed by atoms with Crippen LogP contribution >= 0.6 is 0 Å². The summed E-state index contributed by atoms with van der Waals surface area (Å²) in [6.07, 6.45) is 0. The normalized spacial score (nSPS) is 11.8. The number of hydrogen-bond donors (Lipinski definition) is 0. The highest BCUT2D eigenvalue weighted by molar-refractivity contribution is 7.19. The summed E-state index contributed by atoms with van der Waals surface area (Å²) in [5.41, 5.74) is 9.33. The lowest BCUT2D eigenvalue weighted by Gasteiger charge is -2.34. The maximum Gasteiger partial charge on any atom is 0.220 e. The average molecular weight is 737 g/mol. The third-order valence-corrected chi connectivity index (χ3v) is 16.1. The van der Waals surface area contributed by atoms with Crippen LogP contribution in [0.15, 0.2) is 206 Å². The second-order valence-electron chi connectivity index (χ2n) is 14.5. The summed E-state index contributed by atoms with van der Waals surface area (Å²) < 4.78 is 6.81. The Hall–Kier alpha value is -6.95. The monoisotopic (exact) mass is 736 g/mol. The molecular weight excluding hydrogens is 697 g/mol. The third-order valence-electron chi connectivity index (χ3n) is 11.3. The van der Waals surface area contributed by atoms with E-state index in [1.54, 1.807) is 0 Å². The van der Waals surface area contributed by atoms with Crippen LogP contribution in [0, 0.1) is 6.92 Å². The molecular formula is C51H40N4Si. The van der Waals surface area contributed by atoms with Crippen LogP contribution in [0.5, 0.6) is 0 Å². The van der Waals surface area contributed by atoms with Gasteiger partial charge in [-0.25, -0.2) is 4.98 Å². The molecule has 0 spiro atoms. The Morgan fingerprint density at radius 1 is 0.429 bits per heavy atom. The van der Waals surface area contributed by atoms with E-state index in [-0.39, 0.29) is 0 Å². The van der Waals surface area contributed by atoms with Gasteiger partial charge >= 0.3 is 0 Å². The maximum absolute atomic E-state index is 5.22. The molecule has 11 rings (SSSR count). The molecule has 4 nitrogen and oxygen atoms in total. The number of para-hydroxylation sites is 4. The molecule has 3 heterocycles. The highest BCUT2D eigenvalue weighted by atomic mass is 28.3. The van der Waals surface area contributed by atoms with Crippen molar-refractivity contribution < 1.29 is 0 Å². The van der Waals surface area contributed by atoms with Crippen LogP contribution in [0.25, 0.3) is 55.3 Å². The topological polar surface area (TPSA) is 27.2 Å². The van der Waals surface area contributed by atoms with Gasteiger partial charge in [0.1, 0.15) is 5.52 Å². The van der Waals surface area contributed by atoms with Crippen LogP contribution in [0.3, 0.4) is 0 Å². The van der Waals surface area contributed by atoms with Gasteiger partial charge in [0.05, 0.1) is 22.1 Å². The van der Waals surface area contributed by atoms with Gasteiger partial charge in [0.2, 0.25) is 5.78 Å². The maximum atomic E-state index is 5.22. The summed E-state index contributed by atoms with van der Waals surface area (Å²) in [5.74, 6) is 0.940. The number of aromatic nitrogens is 4. The number of imidazole rings is 2. The summed E-state index contributed by atoms with van der Waals surface area (Å²) in [6, 6.07) is 74.2. The molecule has 268 valence electrons. The SMILES string of the molecule is Cc1cccc([Si](c2ccccc2)(c2ccccc2)c2ccccc2)c1.Cn1c2ccccc2c2ccc3c(nc4n(-c5ccccc5)c5ccccc5n34)c21. The first kappa shape index (κ1) is 33.6. The second-order valence-corrected chi connectivity index (χ2v) is 18.3. The molecule has 0 fully saturated rings. The third kappa shape index (κ3) is 5.23. The molecule has 0 aliphatic rings. The van der Waals surface area contributed by atoms with Crippen molar-refractivity contribution in [2.75, 3.05) is 0 Å². The Balaban J connectivity index is 0.000000139. The van der Waals surface area contributed by atoms with E-state index in [1.165, 1.54) is 48.1 Å². The minimum atomic E-state index is -2.33. The highest BCUT2D eigenvalue weighted by Gasteiger charge is 2.41. The van der Waals surface area contributed by atoms with Crippen LogP contribution in [0.4, 0.5) is 0 Å². The molecule has 0 bridgehead atoms. The first-order chi connectivity index (χ1) is 27.6. The zero-order valence-electron chi connectivity index (χ0n) is 31.4. The standard InChI is InChI=1S/C26H18N4.C25H22Si/c1-28-20-12-6-5-11-18(20)19-15-16-23-24(25(19)28)27-26-29(17-9-3-2-4-10-17)21-13-7-8-14-22(21)30(23)26;1-21-12-11-19-25(20-21)26(22-13-5-2-6-14-22,23-15-7-3-8-16-23)24-17-9-4-10-18-24/h2-16H,1H3;2-20H,1H3. The molecule has 0 aliphatic carbocycles. The molecule has 5 heteroatoms. The van der Waals surface area contributed by atoms with Crippen LogP contribution in [-0.4, -0.2) is 26.6 Å². The summed E-state index contributed by atoms with van der Waals surface area (Å²) >= 11 is 0. The molecule has 8 aromatic carbocycles. The Labute approximate surface area is 327 Å². The van der Waals surface area contributed by atoms with Gasteiger partial charge < -0.3 is 4.57 Å². The van der Waals surface area contributed by atoms with Crippen LogP contribution in [0.1, 0.15) is 5.56 Å². The lowest BCUT2D eigenvalue weighted by atomic mass is 10.1. The average Bonchev–Trinajstić information content (AvgIpc) is 3.89. The van der Waals surface area contributed by atoms with Crippen molar-refractivity contribution in [2.45, 2.75) is 6.92 Å². The first-order valence-electron chi connectivity index (χ1n) is 19.2. The zero-order valence-corrected chi connectivity index (χ0v) is 32.4. The lowest BCUT2D eigenvalue weighted by molar-refractivity contribution is 1.02. The van der Waals surface area contributed by atoms with E-state index in [0.29, 0.717) is 0 Å². The molecule has 0 amide bonds. The Morgan fingerprint density at radius 2 is 0.946 bits per heavy atom. The molecule has 0 unspecified atom stereocenters. The van der Waals surface area contributed by atoms with Crippen molar-refractivity contribution in [1.82, 2.24) is 18.5 Å². The van der Waals surface area contributed by atoms with Gasteiger partial charge in [-0.2, -0.15) is 0 Å². The van der Waals surface area contributed by atoms with E-state index in [1.807, 2.05) is 6.07 Å². The van der Waals surface area contributed by atoms with Gasteiger partial charge in [-0.1, -0.05) is 169 Å². The number of rotatable bonds is 5. The van der Waals surface area contributed by atoms with Gasteiger partial charge in [-0.15, -0.1) is 0 Å². The Kier molecular flexibility index (Phi) is 8.23. The van der Waals surface area contributed by atoms with Gasteiger partial charge in [0.15, 0.2) is 8.07 Å². The molecule has 3 aromatic heterocycles. The highest BCUT2D eigenvalue weighted by Crippen LogP contribution is 2.36. The largest absolute Gasteiger partial charge is 0.342 e. The molecule has 0 aliphatic heterocycles. The van der Waals surface area contributed by atoms with Gasteiger partial charge in [0.25, 0.3) is 0 Å². The van der Waals surface area contributed by atoms with Gasteiger partial charge in [-0.3, -0.25) is 8.97 Å². The number of hydrogen-bond acceptors (Lipinski definition) is 1. The summed E-state index contributed by atoms with van der Waals surface area (Å²) in [5, 5.41) is 8.21. The predicted octanol–water partition coefficient (Wildman–Crippen LogP) is 9.45. The quantitative estimate of drug-likeness (QED) is 0.128. The zero-order chi connectivity index (χ0) is 37.6. The minimum absolute atomic E-state index is 0.940. The second kappa shape index (κ2) is 13.7. The number of aryl methyl sites for hydroxylation is 2. The van der Waals surface area contributed by atoms with Crippen molar-refractivity contribution in [3.8, 4) is 5.69 Å². The van der Waals surface area contributed by atoms with E-state index in [9.17, 15) is 0 Å². The van der Waals surface area contributed by atoms with Crippen LogP contribution in [0.2, 0.25) is 0 Å². The lowest BCUT2D eigenvalue weighted by Crippen LogP contribution is -2.74. The fourth-order valence-corrected chi connectivity index (χ4v) is 13.8. The fourth-order valence-electron chi connectivity index (χ4n) is 8.90. The number of benzene rings is 8. The smallest absolute Gasteiger partial charge is 0.220 e. The molecule has 0 N–H and O–H groups in total. The van der Waals surface area contributed by atoms with Crippen molar-refractivity contribution >= 4 is 78.5 Å². The first-order valence-corrected chi connectivity index (χ1v) is 21.2. The van der Waals surface area contributed by atoms with E-state index in [2.05, 4.69) is 228 Å². The molecule has 0 saturated carbocycles. The molecule has 0 atom stereocenters. The van der Waals surface area contributed by atoms with Crippen molar-refractivity contribution in [1.29, 1.82) is 0 Å². The molecule has 56 heavy (non-hydrogen) atoms. The summed E-state index contributed by atoms with van der Waals surface area (Å²) in [4.78, 5) is 5.22. The van der Waals surface area contributed by atoms with Crippen LogP contribution in [-0.2, 0) is 7.05 Å². The van der Waals surface area contributed by atoms with Crippen molar-refractivity contribution in [3.63, 3.8) is 0 Å². The Morgan fingerprint density at radius 3 is 1.55 bits per heavy atom. The molecule has 0 saturated heterocycles. The van der Waals surface area contributed by atoms with E-state index < -0.39 is 8.07 Å². The van der Waals surface area contributed by atoms with E-state index >= 15 is 0 Å².